The molecule has 3 heterocycles. The van der Waals surface area contributed by atoms with Gasteiger partial charge in [0.05, 0.1) is 38.6 Å². The van der Waals surface area contributed by atoms with Crippen LogP contribution in [0.1, 0.15) is 373 Å². The Labute approximate surface area is 662 Å². The van der Waals surface area contributed by atoms with Gasteiger partial charge < -0.3 is 89.9 Å². The first-order valence-electron chi connectivity index (χ1n) is 45.0. The van der Waals surface area contributed by atoms with Crippen molar-refractivity contribution in [3.63, 3.8) is 0 Å². The van der Waals surface area contributed by atoms with E-state index < -0.39 is 124 Å². The fraction of sp³-hybridized carbons (Fsp3) is 0.878. The summed E-state index contributed by atoms with van der Waals surface area (Å²) in [5.74, 6) is -0.269. The Morgan fingerprint density at radius 1 is 0.339 bits per heavy atom. The van der Waals surface area contributed by atoms with Gasteiger partial charge in [0, 0.05) is 6.42 Å². The molecule has 3 aliphatic heterocycles. The maximum atomic E-state index is 13.5. The van der Waals surface area contributed by atoms with Crippen LogP contribution in [0, 0.1) is 0 Å². The van der Waals surface area contributed by atoms with Crippen molar-refractivity contribution in [1.82, 2.24) is 5.32 Å². The van der Waals surface area contributed by atoms with Gasteiger partial charge in [-0.15, -0.1) is 0 Å². The van der Waals surface area contributed by atoms with Crippen LogP contribution in [0.4, 0.5) is 0 Å². The summed E-state index contributed by atoms with van der Waals surface area (Å²) >= 11 is 0. The number of aliphatic hydroxyl groups is 11. The molecular formula is C90H165NO18. The van der Waals surface area contributed by atoms with Crippen LogP contribution in [0.25, 0.3) is 0 Å². The number of amides is 1. The lowest BCUT2D eigenvalue weighted by Crippen LogP contribution is -2.66. The summed E-state index contributed by atoms with van der Waals surface area (Å²) in [4.78, 5) is 13.5. The average Bonchev–Trinajstić information content (AvgIpc) is 0.782. The fourth-order valence-corrected chi connectivity index (χ4v) is 15.2. The Morgan fingerprint density at radius 2 is 0.633 bits per heavy atom. The first-order chi connectivity index (χ1) is 53.3. The van der Waals surface area contributed by atoms with E-state index in [1.807, 2.05) is 6.08 Å². The second-order valence-electron chi connectivity index (χ2n) is 32.0. The highest BCUT2D eigenvalue weighted by Gasteiger charge is 2.54. The Balaban J connectivity index is 1.33. The highest BCUT2D eigenvalue weighted by molar-refractivity contribution is 5.76. The van der Waals surface area contributed by atoms with E-state index in [1.54, 1.807) is 6.08 Å². The lowest BCUT2D eigenvalue weighted by Gasteiger charge is -2.48. The van der Waals surface area contributed by atoms with Crippen molar-refractivity contribution in [3.8, 4) is 0 Å². The molecule has 3 aliphatic rings. The van der Waals surface area contributed by atoms with Crippen LogP contribution in [0.15, 0.2) is 60.8 Å². The van der Waals surface area contributed by atoms with Gasteiger partial charge in [-0.25, -0.2) is 0 Å². The van der Waals surface area contributed by atoms with E-state index in [0.717, 1.165) is 70.6 Å². The lowest BCUT2D eigenvalue weighted by molar-refractivity contribution is -0.379. The van der Waals surface area contributed by atoms with E-state index in [4.69, 9.17) is 28.4 Å². The SMILES string of the molecule is CC/C=C\C/C=C\C/C=C\C/C=C\CCCCCCCCCCCCCCCCCCCCCCC(=O)NC(COC1OC(CO)C(OC2OC(CO)C(OC3OC(CO)C(O)C(O)C3O)C(O)C2O)C(O)C1O)C(O)/C=C/CCCCCCCCCCCCCCCCCCCCCCCCCCCCCCC. The first kappa shape index (κ1) is 101. The quantitative estimate of drug-likeness (QED) is 0.0199. The van der Waals surface area contributed by atoms with Crippen molar-refractivity contribution in [2.75, 3.05) is 26.4 Å². The molecule has 3 rings (SSSR count). The zero-order chi connectivity index (χ0) is 78.8. The molecule has 0 radical (unpaired) electrons. The molecule has 0 aromatic rings. The summed E-state index contributed by atoms with van der Waals surface area (Å²) < 4.78 is 34.5. The van der Waals surface area contributed by atoms with E-state index in [9.17, 15) is 61.0 Å². The topological polar surface area (TPSA) is 307 Å². The minimum Gasteiger partial charge on any atom is -0.394 e. The highest BCUT2D eigenvalue weighted by atomic mass is 16.8. The normalized spacial score (nSPS) is 25.5. The molecular weight excluding hydrogens is 1380 g/mol. The number of rotatable bonds is 73. The summed E-state index contributed by atoms with van der Waals surface area (Å²) in [5.41, 5.74) is 0. The molecule has 109 heavy (non-hydrogen) atoms. The van der Waals surface area contributed by atoms with Gasteiger partial charge in [0.1, 0.15) is 73.2 Å². The lowest BCUT2D eigenvalue weighted by atomic mass is 9.96. The third-order valence-corrected chi connectivity index (χ3v) is 22.3. The molecule has 3 fully saturated rings. The van der Waals surface area contributed by atoms with Crippen LogP contribution in [0.5, 0.6) is 0 Å². The van der Waals surface area contributed by atoms with Gasteiger partial charge in [-0.2, -0.15) is 0 Å². The molecule has 0 aromatic carbocycles. The van der Waals surface area contributed by atoms with E-state index >= 15 is 0 Å². The summed E-state index contributed by atoms with van der Waals surface area (Å²) in [7, 11) is 0. The summed E-state index contributed by atoms with van der Waals surface area (Å²) in [6.45, 7) is 1.69. The molecule has 19 nitrogen and oxygen atoms in total. The zero-order valence-corrected chi connectivity index (χ0v) is 68.8. The Bertz CT molecular complexity index is 2200. The summed E-state index contributed by atoms with van der Waals surface area (Å²) in [6, 6.07) is -0.976. The maximum Gasteiger partial charge on any atom is 0.220 e. The predicted octanol–water partition coefficient (Wildman–Crippen LogP) is 17.0. The average molecular weight is 1550 g/mol. The molecule has 0 spiro atoms. The standard InChI is InChI=1S/C90H165NO18/c1-3-5-7-9-11-13-15-17-19-21-23-25-27-29-31-33-35-36-38-40-42-44-46-48-50-52-54-56-58-60-62-64-66-68-78(96)91-73(74(95)67-65-63-61-59-57-55-53-51-49-47-45-43-41-39-37-34-32-30-28-26-24-22-20-18-16-14-12-10-8-6-4-2)72-104-88-84(102)81(99)86(76(70-93)106-88)109-90-85(103)82(100)87(77(71-94)107-90)108-89-83(101)80(98)79(97)75(69-92)105-89/h5,7,11,13,17,19,23,25,65,67,73-77,79-90,92-95,97-103H,3-4,6,8-10,12,14-16,18,20-22,24,26-64,66,68-72H2,1-2H3,(H,91,96)/b7-5-,13-11-,19-17-,25-23-,67-65+. The molecule has 17 atom stereocenters. The third kappa shape index (κ3) is 48.6. The van der Waals surface area contributed by atoms with Crippen molar-refractivity contribution in [2.45, 2.75) is 478 Å². The maximum absolute atomic E-state index is 13.5. The van der Waals surface area contributed by atoms with Crippen LogP contribution < -0.4 is 5.32 Å². The van der Waals surface area contributed by atoms with Crippen molar-refractivity contribution >= 4 is 5.91 Å². The van der Waals surface area contributed by atoms with Crippen LogP contribution >= 0.6 is 0 Å². The molecule has 17 unspecified atom stereocenters. The van der Waals surface area contributed by atoms with E-state index in [-0.39, 0.29) is 18.9 Å². The number of hydrogen-bond acceptors (Lipinski definition) is 18. The largest absolute Gasteiger partial charge is 0.394 e. The third-order valence-electron chi connectivity index (χ3n) is 22.3. The molecule has 19 heteroatoms. The van der Waals surface area contributed by atoms with Gasteiger partial charge >= 0.3 is 0 Å². The minimum atomic E-state index is -1.98. The number of carbonyl (C=O) groups excluding carboxylic acids is 1. The molecule has 12 N–H and O–H groups in total. The van der Waals surface area contributed by atoms with Gasteiger partial charge in [-0.3, -0.25) is 4.79 Å². The molecule has 0 aromatic heterocycles. The van der Waals surface area contributed by atoms with Crippen molar-refractivity contribution in [1.29, 1.82) is 0 Å². The molecule has 638 valence electrons. The molecule has 0 saturated carbocycles. The number of unbranched alkanes of at least 4 members (excludes halogenated alkanes) is 49. The van der Waals surface area contributed by atoms with E-state index in [0.29, 0.717) is 6.42 Å². The molecule has 0 bridgehead atoms. The van der Waals surface area contributed by atoms with Crippen LogP contribution in [-0.4, -0.2) is 193 Å². The van der Waals surface area contributed by atoms with Crippen molar-refractivity contribution in [2.24, 2.45) is 0 Å². The van der Waals surface area contributed by atoms with Crippen LogP contribution in [0.3, 0.4) is 0 Å². The second-order valence-corrected chi connectivity index (χ2v) is 32.0. The number of allylic oxidation sites excluding steroid dienone is 9. The van der Waals surface area contributed by atoms with Crippen LogP contribution in [0.2, 0.25) is 0 Å². The Morgan fingerprint density at radius 3 is 0.991 bits per heavy atom. The van der Waals surface area contributed by atoms with Gasteiger partial charge in [0.25, 0.3) is 0 Å². The second kappa shape index (κ2) is 69.8. The van der Waals surface area contributed by atoms with Gasteiger partial charge in [-0.05, 0) is 57.8 Å². The molecule has 1 amide bonds. The Kier molecular flexibility index (Phi) is 64.4. The molecule has 0 aliphatic carbocycles. The first-order valence-corrected chi connectivity index (χ1v) is 45.0. The zero-order valence-electron chi connectivity index (χ0n) is 68.8. The van der Waals surface area contributed by atoms with Gasteiger partial charge in [0.2, 0.25) is 5.91 Å². The van der Waals surface area contributed by atoms with Crippen molar-refractivity contribution in [3.05, 3.63) is 60.8 Å². The fourth-order valence-electron chi connectivity index (χ4n) is 15.2. The van der Waals surface area contributed by atoms with Crippen LogP contribution in [-0.2, 0) is 33.2 Å². The monoisotopic (exact) mass is 1550 g/mol. The molecule has 3 saturated heterocycles. The summed E-state index contributed by atoms with van der Waals surface area (Å²) in [6.07, 6.45) is 65.1. The minimum absolute atomic E-state index is 0.245. The predicted molar refractivity (Wildman–Crippen MR) is 439 cm³/mol. The Hall–Kier alpha value is -2.51. The van der Waals surface area contributed by atoms with E-state index in [1.165, 1.54) is 276 Å². The smallest absolute Gasteiger partial charge is 0.220 e. The van der Waals surface area contributed by atoms with Gasteiger partial charge in [-0.1, -0.05) is 370 Å². The number of ether oxygens (including phenoxy) is 6. The number of aliphatic hydroxyl groups excluding tert-OH is 11. The number of carbonyl (C=O) groups is 1. The van der Waals surface area contributed by atoms with Gasteiger partial charge in [0.15, 0.2) is 18.9 Å². The summed E-state index contributed by atoms with van der Waals surface area (Å²) in [5, 5.41) is 121. The number of nitrogens with one attached hydrogen (secondary N) is 1. The highest BCUT2D eigenvalue weighted by Crippen LogP contribution is 2.34. The van der Waals surface area contributed by atoms with E-state index in [2.05, 4.69) is 67.8 Å². The van der Waals surface area contributed by atoms with Crippen molar-refractivity contribution < 1.29 is 89.4 Å². The number of hydrogen-bond donors (Lipinski definition) is 12.